The summed E-state index contributed by atoms with van der Waals surface area (Å²) < 4.78 is 80.5. The van der Waals surface area contributed by atoms with Gasteiger partial charge >= 0.3 is 6.18 Å². The summed E-state index contributed by atoms with van der Waals surface area (Å²) in [6.07, 6.45) is 0.371. The molecule has 1 unspecified atom stereocenters. The van der Waals surface area contributed by atoms with Crippen molar-refractivity contribution in [1.29, 1.82) is 0 Å². The average Bonchev–Trinajstić information content (AvgIpc) is 2.86. The number of anilines is 1. The molecule has 0 heterocycles. The smallest absolute Gasteiger partial charge is 0.352 e. The maximum atomic E-state index is 14.5. The van der Waals surface area contributed by atoms with Crippen LogP contribution in [0.15, 0.2) is 42.5 Å². The number of hydrogen-bond donors (Lipinski definition) is 1. The second-order valence-electron chi connectivity index (χ2n) is 9.56. The van der Waals surface area contributed by atoms with Crippen LogP contribution >= 0.6 is 11.6 Å². The van der Waals surface area contributed by atoms with Crippen molar-refractivity contribution in [2.24, 2.45) is 0 Å². The third kappa shape index (κ3) is 8.07. The lowest BCUT2D eigenvalue weighted by Gasteiger charge is -2.33. The van der Waals surface area contributed by atoms with Crippen LogP contribution in [0.5, 0.6) is 0 Å². The van der Waals surface area contributed by atoms with E-state index >= 15 is 0 Å². The molecule has 1 aliphatic rings. The van der Waals surface area contributed by atoms with Crippen LogP contribution in [0, 0.1) is 5.82 Å². The molecule has 1 fully saturated rings. The van der Waals surface area contributed by atoms with Crippen LogP contribution in [0.2, 0.25) is 5.02 Å². The van der Waals surface area contributed by atoms with Crippen LogP contribution in [0.25, 0.3) is 0 Å². The van der Waals surface area contributed by atoms with Crippen LogP contribution < -0.4 is 9.62 Å². The number of halogens is 5. The lowest BCUT2D eigenvalue weighted by atomic mass is 9.95. The maximum absolute atomic E-state index is 14.5. The van der Waals surface area contributed by atoms with Gasteiger partial charge in [-0.2, -0.15) is 13.2 Å². The minimum Gasteiger partial charge on any atom is -0.352 e. The summed E-state index contributed by atoms with van der Waals surface area (Å²) in [7, 11) is -4.27. The Bertz CT molecular complexity index is 1300. The van der Waals surface area contributed by atoms with E-state index < -0.39 is 62.7 Å². The van der Waals surface area contributed by atoms with E-state index in [2.05, 4.69) is 5.32 Å². The lowest BCUT2D eigenvalue weighted by molar-refractivity contribution is -0.139. The number of hydrogen-bond acceptors (Lipinski definition) is 4. The first-order valence-corrected chi connectivity index (χ1v) is 14.6. The molecule has 39 heavy (non-hydrogen) atoms. The highest BCUT2D eigenvalue weighted by molar-refractivity contribution is 7.92. The first-order valence-electron chi connectivity index (χ1n) is 12.4. The zero-order valence-electron chi connectivity index (χ0n) is 21.5. The fourth-order valence-electron chi connectivity index (χ4n) is 4.46. The van der Waals surface area contributed by atoms with Crippen LogP contribution in [0.4, 0.5) is 23.2 Å². The van der Waals surface area contributed by atoms with E-state index in [1.807, 2.05) is 0 Å². The molecule has 0 saturated heterocycles. The molecule has 0 spiro atoms. The molecule has 1 N–H and O–H groups in total. The van der Waals surface area contributed by atoms with Crippen molar-refractivity contribution in [2.45, 2.75) is 63.8 Å². The molecular formula is C26H30ClF4N3O4S. The zero-order chi connectivity index (χ0) is 29.0. The largest absolute Gasteiger partial charge is 0.417 e. The first kappa shape index (κ1) is 30.7. The monoisotopic (exact) mass is 591 g/mol. The first-order chi connectivity index (χ1) is 18.2. The Kier molecular flexibility index (Phi) is 9.87. The van der Waals surface area contributed by atoms with Gasteiger partial charge in [0.1, 0.15) is 18.4 Å². The van der Waals surface area contributed by atoms with E-state index in [0.717, 1.165) is 55.4 Å². The summed E-state index contributed by atoms with van der Waals surface area (Å²) in [5.74, 6) is -2.04. The Morgan fingerprint density at radius 1 is 1.10 bits per heavy atom. The SMILES string of the molecule is CC(C(=O)NC1CCCCC1)N(Cc1ccccc1F)C(=O)CN(c1ccc(Cl)c(C(F)(F)F)c1)S(C)(=O)=O. The summed E-state index contributed by atoms with van der Waals surface area (Å²) in [5, 5.41) is 2.26. The van der Waals surface area contributed by atoms with Gasteiger partial charge in [0, 0.05) is 18.2 Å². The summed E-state index contributed by atoms with van der Waals surface area (Å²) in [6.45, 7) is 0.149. The van der Waals surface area contributed by atoms with Gasteiger partial charge in [-0.25, -0.2) is 12.8 Å². The van der Waals surface area contributed by atoms with Crippen molar-refractivity contribution < 1.29 is 35.6 Å². The number of rotatable bonds is 9. The Balaban J connectivity index is 1.94. The van der Waals surface area contributed by atoms with Gasteiger partial charge in [-0.3, -0.25) is 13.9 Å². The molecule has 3 rings (SSSR count). The highest BCUT2D eigenvalue weighted by Gasteiger charge is 2.36. The van der Waals surface area contributed by atoms with E-state index in [1.54, 1.807) is 6.07 Å². The predicted octanol–water partition coefficient (Wildman–Crippen LogP) is 5.13. The summed E-state index contributed by atoms with van der Waals surface area (Å²) in [5.41, 5.74) is -1.63. The summed E-state index contributed by atoms with van der Waals surface area (Å²) in [6, 6.07) is 6.86. The number of nitrogens with one attached hydrogen (secondary N) is 1. The molecule has 1 aliphatic carbocycles. The molecule has 1 saturated carbocycles. The van der Waals surface area contributed by atoms with Gasteiger partial charge in [0.05, 0.1) is 22.5 Å². The molecule has 2 aromatic rings. The number of alkyl halides is 3. The van der Waals surface area contributed by atoms with Crippen LogP contribution in [0.1, 0.15) is 50.2 Å². The van der Waals surface area contributed by atoms with Crippen LogP contribution in [-0.4, -0.2) is 50.0 Å². The zero-order valence-corrected chi connectivity index (χ0v) is 23.0. The van der Waals surface area contributed by atoms with E-state index in [0.29, 0.717) is 10.4 Å². The van der Waals surface area contributed by atoms with Crippen molar-refractivity contribution in [2.75, 3.05) is 17.1 Å². The van der Waals surface area contributed by atoms with E-state index in [9.17, 15) is 35.6 Å². The van der Waals surface area contributed by atoms with E-state index in [-0.39, 0.29) is 18.2 Å². The fraction of sp³-hybridized carbons (Fsp3) is 0.462. The van der Waals surface area contributed by atoms with Gasteiger partial charge in [-0.15, -0.1) is 0 Å². The van der Waals surface area contributed by atoms with Crippen molar-refractivity contribution in [3.8, 4) is 0 Å². The molecule has 2 amide bonds. The van der Waals surface area contributed by atoms with Crippen molar-refractivity contribution in [3.63, 3.8) is 0 Å². The molecule has 0 radical (unpaired) electrons. The Morgan fingerprint density at radius 2 is 1.74 bits per heavy atom. The van der Waals surface area contributed by atoms with Gasteiger partial charge in [-0.1, -0.05) is 49.1 Å². The minimum atomic E-state index is -4.87. The van der Waals surface area contributed by atoms with Gasteiger partial charge in [0.2, 0.25) is 21.8 Å². The number of sulfonamides is 1. The molecule has 0 aromatic heterocycles. The van der Waals surface area contributed by atoms with Crippen molar-refractivity contribution in [1.82, 2.24) is 10.2 Å². The molecule has 214 valence electrons. The number of amides is 2. The Labute approximate surface area is 230 Å². The molecule has 7 nitrogen and oxygen atoms in total. The maximum Gasteiger partial charge on any atom is 0.417 e. The quantitative estimate of drug-likeness (QED) is 0.410. The highest BCUT2D eigenvalue weighted by Crippen LogP contribution is 2.37. The Morgan fingerprint density at radius 3 is 2.33 bits per heavy atom. The summed E-state index contributed by atoms with van der Waals surface area (Å²) >= 11 is 5.67. The normalized spacial score (nSPS) is 15.5. The number of nitrogens with zero attached hydrogens (tertiary/aromatic N) is 2. The lowest BCUT2D eigenvalue weighted by Crippen LogP contribution is -2.53. The van der Waals surface area contributed by atoms with E-state index in [4.69, 9.17) is 11.6 Å². The molecule has 13 heteroatoms. The fourth-order valence-corrected chi connectivity index (χ4v) is 5.53. The van der Waals surface area contributed by atoms with E-state index in [1.165, 1.54) is 25.1 Å². The average molecular weight is 592 g/mol. The second kappa shape index (κ2) is 12.5. The minimum absolute atomic E-state index is 0.0820. The number of benzene rings is 2. The standard InChI is InChI=1S/C26H30ClF4N3O4S/c1-17(25(36)32-19-9-4-3-5-10-19)33(15-18-8-6-7-11-23(18)28)24(35)16-34(39(2,37)38)20-12-13-22(27)21(14-20)26(29,30)31/h6-8,11-14,17,19H,3-5,9-10,15-16H2,1-2H3,(H,32,36). The highest BCUT2D eigenvalue weighted by atomic mass is 35.5. The Hall–Kier alpha value is -2.86. The van der Waals surface area contributed by atoms with Crippen molar-refractivity contribution in [3.05, 3.63) is 64.4 Å². The molecule has 0 bridgehead atoms. The van der Waals surface area contributed by atoms with Gasteiger partial charge in [-0.05, 0) is 44.0 Å². The second-order valence-corrected chi connectivity index (χ2v) is 11.9. The molecular weight excluding hydrogens is 562 g/mol. The van der Waals surface area contributed by atoms with Gasteiger partial charge in [0.25, 0.3) is 0 Å². The van der Waals surface area contributed by atoms with Crippen LogP contribution in [0.3, 0.4) is 0 Å². The molecule has 0 aliphatic heterocycles. The number of carbonyl (C=O) groups is 2. The van der Waals surface area contributed by atoms with Gasteiger partial charge in [0.15, 0.2) is 0 Å². The predicted molar refractivity (Wildman–Crippen MR) is 140 cm³/mol. The third-order valence-corrected chi connectivity index (χ3v) is 8.11. The molecule has 2 aromatic carbocycles. The molecule has 1 atom stereocenters. The van der Waals surface area contributed by atoms with Crippen LogP contribution in [-0.2, 0) is 32.3 Å². The van der Waals surface area contributed by atoms with Crippen molar-refractivity contribution >= 4 is 39.1 Å². The summed E-state index contributed by atoms with van der Waals surface area (Å²) in [4.78, 5) is 27.7. The topological polar surface area (TPSA) is 86.8 Å². The number of carbonyl (C=O) groups excluding carboxylic acids is 2. The third-order valence-electron chi connectivity index (χ3n) is 6.64. The van der Waals surface area contributed by atoms with Gasteiger partial charge < -0.3 is 10.2 Å².